The van der Waals surface area contributed by atoms with Crippen molar-refractivity contribution in [1.29, 1.82) is 0 Å². The molecule has 0 saturated carbocycles. The molecule has 2 N–H and O–H groups in total. The highest BCUT2D eigenvalue weighted by molar-refractivity contribution is 5.89. The van der Waals surface area contributed by atoms with E-state index in [1.807, 2.05) is 53.5 Å². The molecule has 0 amide bonds. The van der Waals surface area contributed by atoms with Crippen molar-refractivity contribution >= 4 is 11.6 Å². The molecule has 4 aromatic heterocycles. The monoisotopic (exact) mass is 571 g/mol. The number of anilines is 1. The highest BCUT2D eigenvalue weighted by atomic mass is 15.4. The van der Waals surface area contributed by atoms with Gasteiger partial charge in [-0.05, 0) is 38.0 Å². The second kappa shape index (κ2) is 11.0. The third kappa shape index (κ3) is 5.25. The average Bonchev–Trinajstić information content (AvgIpc) is 3.62. The van der Waals surface area contributed by atoms with Gasteiger partial charge in [0.1, 0.15) is 24.5 Å². The van der Waals surface area contributed by atoms with Gasteiger partial charge in [0.2, 0.25) is 5.82 Å². The highest BCUT2D eigenvalue weighted by Gasteiger charge is 2.31. The van der Waals surface area contributed by atoms with Crippen LogP contribution in [0.3, 0.4) is 0 Å². The molecular formula is C33H35N10+. The number of rotatable bonds is 8. The molecule has 0 spiro atoms. The van der Waals surface area contributed by atoms with E-state index < -0.39 is 0 Å². The molecule has 1 aliphatic heterocycles. The number of aryl methyl sites for hydroxylation is 2. The van der Waals surface area contributed by atoms with Crippen LogP contribution in [0.2, 0.25) is 0 Å². The van der Waals surface area contributed by atoms with Gasteiger partial charge in [-0.2, -0.15) is 14.1 Å². The van der Waals surface area contributed by atoms with Gasteiger partial charge in [0.15, 0.2) is 6.20 Å². The van der Waals surface area contributed by atoms with E-state index in [0.29, 0.717) is 17.5 Å². The van der Waals surface area contributed by atoms with Gasteiger partial charge >= 0.3 is 0 Å². The van der Waals surface area contributed by atoms with Crippen molar-refractivity contribution in [1.82, 2.24) is 39.7 Å². The van der Waals surface area contributed by atoms with Crippen LogP contribution in [0, 0.1) is 6.92 Å². The minimum absolute atomic E-state index is 0.207. The summed E-state index contributed by atoms with van der Waals surface area (Å²) in [6, 6.07) is 25.4. The van der Waals surface area contributed by atoms with E-state index in [1.165, 1.54) is 5.56 Å². The Morgan fingerprint density at radius 2 is 1.70 bits per heavy atom. The van der Waals surface area contributed by atoms with Crippen molar-refractivity contribution in [3.05, 3.63) is 96.2 Å². The SMILES string of the molecule is Cc1nc2nc(-c3ccc(CN4CC(c5nc(-c6cccc[n+]6C)n[nH]5)C4)cc3)c(-c3ccccc3)c(NC(C)C)n2n1. The summed E-state index contributed by atoms with van der Waals surface area (Å²) < 4.78 is 3.86. The second-order valence-electron chi connectivity index (χ2n) is 11.5. The van der Waals surface area contributed by atoms with Crippen molar-refractivity contribution in [2.24, 2.45) is 7.05 Å². The first-order valence-electron chi connectivity index (χ1n) is 14.7. The molecule has 1 aliphatic rings. The van der Waals surface area contributed by atoms with E-state index in [0.717, 1.165) is 65.2 Å². The van der Waals surface area contributed by atoms with Crippen LogP contribution in [0.25, 0.3) is 39.7 Å². The maximum absolute atomic E-state index is 5.02. The van der Waals surface area contributed by atoms with E-state index in [4.69, 9.17) is 9.97 Å². The van der Waals surface area contributed by atoms with Gasteiger partial charge in [0.05, 0.1) is 11.3 Å². The molecule has 0 aliphatic carbocycles. The Labute approximate surface area is 250 Å². The lowest BCUT2D eigenvalue weighted by atomic mass is 9.97. The van der Waals surface area contributed by atoms with Crippen molar-refractivity contribution in [3.8, 4) is 33.9 Å². The number of nitrogens with zero attached hydrogens (tertiary/aromatic N) is 8. The summed E-state index contributed by atoms with van der Waals surface area (Å²) in [5.74, 6) is 4.22. The number of nitrogens with one attached hydrogen (secondary N) is 2. The number of aromatic amines is 1. The number of pyridine rings is 1. The van der Waals surface area contributed by atoms with Gasteiger partial charge in [0.25, 0.3) is 11.5 Å². The number of hydrogen-bond acceptors (Lipinski definition) is 7. The Morgan fingerprint density at radius 1 is 0.930 bits per heavy atom. The second-order valence-corrected chi connectivity index (χ2v) is 11.5. The first kappa shape index (κ1) is 26.9. The predicted molar refractivity (Wildman–Crippen MR) is 166 cm³/mol. The predicted octanol–water partition coefficient (Wildman–Crippen LogP) is 4.80. The normalized spacial score (nSPS) is 14.0. The number of hydrogen-bond donors (Lipinski definition) is 2. The molecule has 0 atom stereocenters. The van der Waals surface area contributed by atoms with Gasteiger partial charge < -0.3 is 5.32 Å². The van der Waals surface area contributed by atoms with Crippen LogP contribution in [0.1, 0.15) is 37.0 Å². The number of likely N-dealkylation sites (tertiary alicyclic amines) is 1. The molecule has 5 heterocycles. The summed E-state index contributed by atoms with van der Waals surface area (Å²) in [4.78, 5) is 16.9. The van der Waals surface area contributed by atoms with Crippen molar-refractivity contribution < 1.29 is 4.57 Å². The molecule has 43 heavy (non-hydrogen) atoms. The van der Waals surface area contributed by atoms with E-state index in [9.17, 15) is 0 Å². The lowest BCUT2D eigenvalue weighted by molar-refractivity contribution is -0.660. The lowest BCUT2D eigenvalue weighted by Gasteiger charge is -2.38. The summed E-state index contributed by atoms with van der Waals surface area (Å²) >= 11 is 0. The molecule has 216 valence electrons. The Kier molecular flexibility index (Phi) is 6.90. The van der Waals surface area contributed by atoms with E-state index in [-0.39, 0.29) is 6.04 Å². The van der Waals surface area contributed by atoms with Crippen LogP contribution in [-0.4, -0.2) is 58.8 Å². The summed E-state index contributed by atoms with van der Waals surface area (Å²) in [7, 11) is 2.01. The molecule has 10 nitrogen and oxygen atoms in total. The van der Waals surface area contributed by atoms with Gasteiger partial charge in [-0.3, -0.25) is 10.00 Å². The fraction of sp³-hybridized carbons (Fsp3) is 0.273. The van der Waals surface area contributed by atoms with Crippen LogP contribution in [0.15, 0.2) is 79.0 Å². The Morgan fingerprint density at radius 3 is 2.44 bits per heavy atom. The van der Waals surface area contributed by atoms with Crippen LogP contribution in [0.5, 0.6) is 0 Å². The average molecular weight is 572 g/mol. The zero-order chi connectivity index (χ0) is 29.5. The molecule has 2 aromatic carbocycles. The zero-order valence-electron chi connectivity index (χ0n) is 24.9. The number of H-pyrrole nitrogens is 1. The molecule has 6 aromatic rings. The largest absolute Gasteiger partial charge is 0.367 e. The highest BCUT2D eigenvalue weighted by Crippen LogP contribution is 2.37. The van der Waals surface area contributed by atoms with Gasteiger partial charge in [-0.25, -0.2) is 9.97 Å². The summed E-state index contributed by atoms with van der Waals surface area (Å²) in [6.45, 7) is 8.94. The molecule has 1 saturated heterocycles. The molecule has 0 radical (unpaired) electrons. The minimum Gasteiger partial charge on any atom is -0.367 e. The first-order chi connectivity index (χ1) is 20.9. The summed E-state index contributed by atoms with van der Waals surface area (Å²) in [6.07, 6.45) is 2.01. The topological polar surface area (TPSA) is 104 Å². The minimum atomic E-state index is 0.207. The first-order valence-corrected chi connectivity index (χ1v) is 14.7. The Bertz CT molecular complexity index is 1880. The van der Waals surface area contributed by atoms with E-state index in [1.54, 1.807) is 0 Å². The number of aromatic nitrogens is 8. The summed E-state index contributed by atoms with van der Waals surface area (Å²) in [5.41, 5.74) is 6.28. The van der Waals surface area contributed by atoms with Crippen molar-refractivity contribution in [3.63, 3.8) is 0 Å². The summed E-state index contributed by atoms with van der Waals surface area (Å²) in [5, 5.41) is 15.9. The smallest absolute Gasteiger partial charge is 0.254 e. The molecule has 10 heteroatoms. The maximum Gasteiger partial charge on any atom is 0.254 e. The van der Waals surface area contributed by atoms with Crippen LogP contribution in [-0.2, 0) is 13.6 Å². The van der Waals surface area contributed by atoms with Gasteiger partial charge in [-0.15, -0.1) is 10.2 Å². The van der Waals surface area contributed by atoms with Crippen LogP contribution < -0.4 is 9.88 Å². The fourth-order valence-corrected chi connectivity index (χ4v) is 5.72. The Balaban J connectivity index is 1.12. The van der Waals surface area contributed by atoms with E-state index >= 15 is 0 Å². The molecule has 1 fully saturated rings. The molecular weight excluding hydrogens is 536 g/mol. The van der Waals surface area contributed by atoms with Crippen LogP contribution >= 0.6 is 0 Å². The van der Waals surface area contributed by atoms with Gasteiger partial charge in [-0.1, -0.05) is 54.6 Å². The van der Waals surface area contributed by atoms with Crippen molar-refractivity contribution in [2.45, 2.75) is 39.3 Å². The third-order valence-corrected chi connectivity index (χ3v) is 7.85. The van der Waals surface area contributed by atoms with Gasteiger partial charge in [0, 0.05) is 49.3 Å². The van der Waals surface area contributed by atoms with Crippen molar-refractivity contribution in [2.75, 3.05) is 18.4 Å². The third-order valence-electron chi connectivity index (χ3n) is 7.85. The Hall–Kier alpha value is -4.96. The van der Waals surface area contributed by atoms with Crippen LogP contribution in [0.4, 0.5) is 5.82 Å². The quantitative estimate of drug-likeness (QED) is 0.253. The molecule has 7 rings (SSSR count). The zero-order valence-corrected chi connectivity index (χ0v) is 24.9. The fourth-order valence-electron chi connectivity index (χ4n) is 5.72. The standard InChI is InChI=1S/C33H34N10/c1-21(2)34-32-28(24-10-6-5-7-11-24)29(36-33-35-22(3)40-43(32)33)25-15-13-23(14-16-25)18-42-19-26(20-42)30-37-31(39-38-30)27-12-8-9-17-41(27)4/h5-17,21,26H,18-20H2,1-4H3,(H,34,35,36,40)/p+1. The van der Waals surface area contributed by atoms with E-state index in [2.05, 4.69) is 92.9 Å². The number of fused-ring (bicyclic) bond motifs is 1. The maximum atomic E-state index is 5.02. The lowest BCUT2D eigenvalue weighted by Crippen LogP contribution is -2.44. The number of benzene rings is 2. The molecule has 0 unspecified atom stereocenters. The molecule has 0 bridgehead atoms.